The summed E-state index contributed by atoms with van der Waals surface area (Å²) in [5.74, 6) is -0.161. The van der Waals surface area contributed by atoms with E-state index in [2.05, 4.69) is 0 Å². The minimum Gasteiger partial charge on any atom is -0.347 e. The van der Waals surface area contributed by atoms with Crippen LogP contribution in [0, 0.1) is 20.8 Å². The van der Waals surface area contributed by atoms with Crippen LogP contribution in [0.3, 0.4) is 0 Å². The van der Waals surface area contributed by atoms with E-state index in [1.165, 1.54) is 0 Å². The van der Waals surface area contributed by atoms with Crippen LogP contribution in [0.2, 0.25) is 0 Å². The molecule has 0 amide bonds. The van der Waals surface area contributed by atoms with E-state index in [1.807, 2.05) is 32.9 Å². The largest absolute Gasteiger partial charge is 0.347 e. The number of rotatable bonds is 3. The van der Waals surface area contributed by atoms with Crippen LogP contribution in [-0.2, 0) is 0 Å². The fraction of sp³-hybridized carbons (Fsp3) is 0.188. The van der Waals surface area contributed by atoms with Gasteiger partial charge in [-0.2, -0.15) is 0 Å². The number of benzene rings is 2. The van der Waals surface area contributed by atoms with Crippen LogP contribution in [-0.4, -0.2) is 15.6 Å². The Balaban J connectivity index is 2.58. The van der Waals surface area contributed by atoms with Crippen molar-refractivity contribution in [3.8, 4) is 0 Å². The molecule has 20 heavy (non-hydrogen) atoms. The van der Waals surface area contributed by atoms with Crippen LogP contribution in [0.4, 0.5) is 0 Å². The number of ketones is 1. The summed E-state index contributed by atoms with van der Waals surface area (Å²) in [6, 6.07) is 10.6. The van der Waals surface area contributed by atoms with Crippen LogP contribution in [0.15, 0.2) is 36.4 Å². The summed E-state index contributed by atoms with van der Waals surface area (Å²) in [4.78, 5) is 31.6. The molecule has 2 aromatic carbocycles. The van der Waals surface area contributed by atoms with Gasteiger partial charge < -0.3 is 9.79 Å². The molecule has 0 spiro atoms. The van der Waals surface area contributed by atoms with Crippen LogP contribution in [0.1, 0.15) is 32.6 Å². The second-order valence-corrected chi connectivity index (χ2v) is 5.97. The number of hydrogen-bond acceptors (Lipinski definition) is 3. The van der Waals surface area contributed by atoms with Crippen molar-refractivity contribution in [2.45, 2.75) is 20.8 Å². The van der Waals surface area contributed by atoms with Gasteiger partial charge in [0, 0.05) is 16.4 Å². The molecular weight excluding hydrogens is 271 g/mol. The molecule has 4 heteroatoms. The summed E-state index contributed by atoms with van der Waals surface area (Å²) in [6.07, 6.45) is 0. The zero-order chi connectivity index (χ0) is 14.9. The Morgan fingerprint density at radius 3 is 2.10 bits per heavy atom. The number of carbonyl (C=O) groups excluding carboxylic acids is 1. The van der Waals surface area contributed by atoms with Crippen LogP contribution in [0.25, 0.3) is 0 Å². The first-order valence-corrected chi connectivity index (χ1v) is 7.56. The molecule has 0 aliphatic rings. The SMILES string of the molecule is Cc1cc(C)c(C(=O)c2ccccc2P(O)O)c(C)c1. The van der Waals surface area contributed by atoms with Crippen LogP contribution >= 0.6 is 8.38 Å². The van der Waals surface area contributed by atoms with Crippen LogP contribution in [0.5, 0.6) is 0 Å². The van der Waals surface area contributed by atoms with Crippen molar-refractivity contribution in [2.75, 3.05) is 0 Å². The maximum atomic E-state index is 12.7. The highest BCUT2D eigenvalue weighted by molar-refractivity contribution is 7.54. The lowest BCUT2D eigenvalue weighted by Crippen LogP contribution is -2.16. The van der Waals surface area contributed by atoms with Gasteiger partial charge in [-0.3, -0.25) is 4.79 Å². The van der Waals surface area contributed by atoms with Gasteiger partial charge in [-0.1, -0.05) is 35.9 Å². The van der Waals surface area contributed by atoms with E-state index in [4.69, 9.17) is 0 Å². The fourth-order valence-electron chi connectivity index (χ4n) is 2.51. The molecule has 0 aliphatic heterocycles. The quantitative estimate of drug-likeness (QED) is 0.674. The third-order valence-electron chi connectivity index (χ3n) is 3.27. The highest BCUT2D eigenvalue weighted by Gasteiger charge is 2.20. The molecule has 104 valence electrons. The number of hydrogen-bond donors (Lipinski definition) is 2. The van der Waals surface area contributed by atoms with Gasteiger partial charge in [-0.15, -0.1) is 0 Å². The molecule has 3 nitrogen and oxygen atoms in total. The van der Waals surface area contributed by atoms with E-state index in [1.54, 1.807) is 24.3 Å². The molecule has 2 rings (SSSR count). The van der Waals surface area contributed by atoms with Crippen LogP contribution < -0.4 is 5.30 Å². The van der Waals surface area contributed by atoms with Crippen molar-refractivity contribution < 1.29 is 14.6 Å². The molecule has 0 bridgehead atoms. The molecule has 0 fully saturated rings. The van der Waals surface area contributed by atoms with E-state index in [9.17, 15) is 14.6 Å². The maximum absolute atomic E-state index is 12.7. The predicted octanol–water partition coefficient (Wildman–Crippen LogP) is 2.76. The Hall–Kier alpha value is -1.54. The first-order chi connectivity index (χ1) is 9.41. The molecule has 2 aromatic rings. The lowest BCUT2D eigenvalue weighted by Gasteiger charge is -2.13. The molecule has 0 aliphatic carbocycles. The highest BCUT2D eigenvalue weighted by Crippen LogP contribution is 2.27. The van der Waals surface area contributed by atoms with Gasteiger partial charge in [-0.25, -0.2) is 0 Å². The average Bonchev–Trinajstić information content (AvgIpc) is 2.37. The molecule has 0 aromatic heterocycles. The van der Waals surface area contributed by atoms with Gasteiger partial charge in [0.1, 0.15) is 0 Å². The molecule has 0 radical (unpaired) electrons. The summed E-state index contributed by atoms with van der Waals surface area (Å²) in [5.41, 5.74) is 3.92. The van der Waals surface area contributed by atoms with E-state index < -0.39 is 8.38 Å². The second kappa shape index (κ2) is 5.84. The standard InChI is InChI=1S/C16H17O3P/c1-10-8-11(2)15(12(3)9-10)16(17)13-6-4-5-7-14(13)20(18)19/h4-9,18-19H,1-3H3. The Labute approximate surface area is 119 Å². The van der Waals surface area contributed by atoms with Gasteiger partial charge in [0.25, 0.3) is 0 Å². The number of carbonyl (C=O) groups is 1. The van der Waals surface area contributed by atoms with Crippen molar-refractivity contribution in [3.05, 3.63) is 64.2 Å². The Kier molecular flexibility index (Phi) is 4.34. The minimum absolute atomic E-state index is 0.161. The van der Waals surface area contributed by atoms with E-state index in [-0.39, 0.29) is 5.78 Å². The lowest BCUT2D eigenvalue weighted by atomic mass is 9.93. The van der Waals surface area contributed by atoms with Gasteiger partial charge in [-0.05, 0) is 38.0 Å². The summed E-state index contributed by atoms with van der Waals surface area (Å²) < 4.78 is 0. The first-order valence-electron chi connectivity index (χ1n) is 6.31. The van der Waals surface area contributed by atoms with Crippen molar-refractivity contribution >= 4 is 19.5 Å². The third-order valence-corrected chi connectivity index (χ3v) is 4.09. The van der Waals surface area contributed by atoms with Gasteiger partial charge in [0.05, 0.1) is 0 Å². The highest BCUT2D eigenvalue weighted by atomic mass is 31.2. The molecule has 0 heterocycles. The summed E-state index contributed by atoms with van der Waals surface area (Å²) in [7, 11) is -2.29. The van der Waals surface area contributed by atoms with Gasteiger partial charge in [0.2, 0.25) is 0 Å². The molecule has 2 N–H and O–H groups in total. The topological polar surface area (TPSA) is 57.5 Å². The van der Waals surface area contributed by atoms with Crippen molar-refractivity contribution in [2.24, 2.45) is 0 Å². The molecule has 0 saturated carbocycles. The Bertz CT molecular complexity index is 640. The third kappa shape index (κ3) is 2.80. The molecule has 0 saturated heterocycles. The van der Waals surface area contributed by atoms with Crippen molar-refractivity contribution in [1.29, 1.82) is 0 Å². The Morgan fingerprint density at radius 2 is 1.55 bits per heavy atom. The van der Waals surface area contributed by atoms with Crippen molar-refractivity contribution in [3.63, 3.8) is 0 Å². The van der Waals surface area contributed by atoms with E-state index in [0.29, 0.717) is 16.4 Å². The lowest BCUT2D eigenvalue weighted by molar-refractivity contribution is 0.103. The fourth-order valence-corrected chi connectivity index (χ4v) is 3.12. The summed E-state index contributed by atoms with van der Waals surface area (Å²) in [6.45, 7) is 5.79. The molecule has 0 unspecified atom stereocenters. The number of aryl methyl sites for hydroxylation is 3. The minimum atomic E-state index is -2.29. The molecule has 0 atom stereocenters. The zero-order valence-corrected chi connectivity index (χ0v) is 12.6. The van der Waals surface area contributed by atoms with Gasteiger partial charge in [0.15, 0.2) is 14.2 Å². The summed E-state index contributed by atoms with van der Waals surface area (Å²) >= 11 is 0. The normalized spacial score (nSPS) is 10.9. The maximum Gasteiger partial charge on any atom is 0.200 e. The zero-order valence-electron chi connectivity index (χ0n) is 11.7. The van der Waals surface area contributed by atoms with E-state index >= 15 is 0 Å². The van der Waals surface area contributed by atoms with E-state index in [0.717, 1.165) is 16.7 Å². The monoisotopic (exact) mass is 288 g/mol. The molecular formula is C16H17O3P. The Morgan fingerprint density at radius 1 is 1.00 bits per heavy atom. The smallest absolute Gasteiger partial charge is 0.200 e. The van der Waals surface area contributed by atoms with Gasteiger partial charge >= 0.3 is 0 Å². The summed E-state index contributed by atoms with van der Waals surface area (Å²) in [5, 5.41) is 0.298. The van der Waals surface area contributed by atoms with Crippen molar-refractivity contribution in [1.82, 2.24) is 0 Å². The second-order valence-electron chi connectivity index (χ2n) is 4.91. The predicted molar refractivity (Wildman–Crippen MR) is 81.5 cm³/mol. The average molecular weight is 288 g/mol. The first kappa shape index (κ1) is 14.9.